The van der Waals surface area contributed by atoms with Crippen molar-refractivity contribution in [2.75, 3.05) is 13.2 Å². The van der Waals surface area contributed by atoms with Gasteiger partial charge in [-0.2, -0.15) is 0 Å². The maximum atomic E-state index is 12.6. The minimum atomic E-state index is -1.01. The Morgan fingerprint density at radius 1 is 1.13 bits per heavy atom. The largest absolute Gasteiger partial charge is 0.481 e. The van der Waals surface area contributed by atoms with E-state index >= 15 is 0 Å². The van der Waals surface area contributed by atoms with Gasteiger partial charge in [0.15, 0.2) is 0 Å². The first-order valence-corrected chi connectivity index (χ1v) is 11.6. The number of nitrogens with one attached hydrogen (secondary N) is 1. The second-order valence-corrected chi connectivity index (χ2v) is 9.10. The van der Waals surface area contributed by atoms with Crippen molar-refractivity contribution in [2.24, 2.45) is 11.8 Å². The van der Waals surface area contributed by atoms with Crippen molar-refractivity contribution in [1.82, 2.24) is 5.32 Å². The van der Waals surface area contributed by atoms with E-state index in [-0.39, 0.29) is 24.8 Å². The van der Waals surface area contributed by atoms with Gasteiger partial charge in [-0.1, -0.05) is 71.2 Å². The Labute approximate surface area is 191 Å². The van der Waals surface area contributed by atoms with Gasteiger partial charge in [0, 0.05) is 23.9 Å². The van der Waals surface area contributed by atoms with Gasteiger partial charge in [0.25, 0.3) is 0 Å². The summed E-state index contributed by atoms with van der Waals surface area (Å²) in [5, 5.41) is 12.8. The number of carboxylic acids is 1. The number of rotatable bonds is 14. The first-order chi connectivity index (χ1) is 14.6. The Hall–Kier alpha value is -1.79. The van der Waals surface area contributed by atoms with Crippen molar-refractivity contribution in [3.63, 3.8) is 0 Å². The molecule has 1 aromatic rings. The second-order valence-electron chi connectivity index (χ2n) is 8.67. The van der Waals surface area contributed by atoms with Gasteiger partial charge in [-0.25, -0.2) is 4.79 Å². The number of benzene rings is 1. The molecule has 1 rings (SSSR count). The minimum absolute atomic E-state index is 0.0249. The first kappa shape index (κ1) is 27.2. The quantitative estimate of drug-likeness (QED) is 0.256. The molecular formula is C24H38ClNO5. The number of aliphatic carboxylic acids is 1. The Kier molecular flexibility index (Phi) is 11.9. The average molecular weight is 456 g/mol. The summed E-state index contributed by atoms with van der Waals surface area (Å²) in [5.41, 5.74) is 0.641. The zero-order chi connectivity index (χ0) is 23.4. The van der Waals surface area contributed by atoms with Gasteiger partial charge in [-0.15, -0.1) is 0 Å². The normalized spacial score (nSPS) is 14.3. The molecule has 0 saturated heterocycles. The van der Waals surface area contributed by atoms with Crippen LogP contribution in [0.3, 0.4) is 0 Å². The fourth-order valence-corrected chi connectivity index (χ4v) is 3.58. The van der Waals surface area contributed by atoms with Crippen LogP contribution in [-0.4, -0.2) is 36.1 Å². The number of halogens is 1. The zero-order valence-corrected chi connectivity index (χ0v) is 20.2. The highest BCUT2D eigenvalue weighted by atomic mass is 35.5. The van der Waals surface area contributed by atoms with Crippen LogP contribution in [0, 0.1) is 11.8 Å². The summed E-state index contributed by atoms with van der Waals surface area (Å²) in [6.45, 7) is 10.9. The molecule has 0 radical (unpaired) electrons. The van der Waals surface area contributed by atoms with Crippen molar-refractivity contribution >= 4 is 23.7 Å². The molecule has 0 bridgehead atoms. The van der Waals surface area contributed by atoms with Crippen molar-refractivity contribution in [3.8, 4) is 0 Å². The summed E-state index contributed by atoms with van der Waals surface area (Å²) in [6, 6.07) is 6.70. The van der Waals surface area contributed by atoms with Crippen LogP contribution in [0.15, 0.2) is 24.3 Å². The molecule has 176 valence electrons. The fourth-order valence-electron chi connectivity index (χ4n) is 3.46. The Morgan fingerprint density at radius 3 is 2.29 bits per heavy atom. The van der Waals surface area contributed by atoms with E-state index in [1.54, 1.807) is 24.3 Å². The predicted molar refractivity (Wildman–Crippen MR) is 123 cm³/mol. The molecule has 0 fully saturated rings. The van der Waals surface area contributed by atoms with Gasteiger partial charge in [0.1, 0.15) is 0 Å². The molecule has 0 saturated carbocycles. The maximum absolute atomic E-state index is 12.6. The molecule has 2 atom stereocenters. The lowest BCUT2D eigenvalue weighted by molar-refractivity contribution is -0.237. The van der Waals surface area contributed by atoms with Gasteiger partial charge in [-0.3, -0.25) is 4.79 Å². The van der Waals surface area contributed by atoms with E-state index in [9.17, 15) is 14.7 Å². The molecule has 6 nitrogen and oxygen atoms in total. The van der Waals surface area contributed by atoms with E-state index < -0.39 is 23.8 Å². The molecule has 1 aromatic carbocycles. The van der Waals surface area contributed by atoms with E-state index in [1.165, 1.54) is 0 Å². The number of alkyl carbamates (subject to hydrolysis) is 1. The fraction of sp³-hybridized carbons (Fsp3) is 0.667. The molecule has 1 unspecified atom stereocenters. The van der Waals surface area contributed by atoms with Crippen LogP contribution in [0.25, 0.3) is 0 Å². The number of carbonyl (C=O) groups is 2. The number of unbranched alkanes of at least 4 members (excludes halogenated alkanes) is 2. The Morgan fingerprint density at radius 2 is 1.77 bits per heavy atom. The van der Waals surface area contributed by atoms with Gasteiger partial charge >= 0.3 is 12.1 Å². The van der Waals surface area contributed by atoms with Gasteiger partial charge < -0.3 is 19.9 Å². The van der Waals surface area contributed by atoms with Crippen LogP contribution in [-0.2, 0) is 14.3 Å². The Balaban J connectivity index is 2.74. The van der Waals surface area contributed by atoms with E-state index in [0.29, 0.717) is 23.6 Å². The predicted octanol–water partition coefficient (Wildman–Crippen LogP) is 6.23. The lowest BCUT2D eigenvalue weighted by Gasteiger charge is -2.38. The van der Waals surface area contributed by atoms with Crippen LogP contribution < -0.4 is 5.32 Å². The third kappa shape index (κ3) is 9.48. The number of amides is 1. The summed E-state index contributed by atoms with van der Waals surface area (Å²) in [4.78, 5) is 24.3. The third-order valence-corrected chi connectivity index (χ3v) is 5.46. The van der Waals surface area contributed by atoms with Crippen molar-refractivity contribution in [3.05, 3.63) is 34.9 Å². The van der Waals surface area contributed by atoms with Crippen LogP contribution in [0.5, 0.6) is 0 Å². The summed E-state index contributed by atoms with van der Waals surface area (Å²) >= 11 is 5.89. The van der Waals surface area contributed by atoms with E-state index in [1.807, 2.05) is 13.8 Å². The van der Waals surface area contributed by atoms with Crippen LogP contribution in [0.2, 0.25) is 5.02 Å². The monoisotopic (exact) mass is 455 g/mol. The first-order valence-electron chi connectivity index (χ1n) is 11.2. The van der Waals surface area contributed by atoms with E-state index in [4.69, 9.17) is 21.1 Å². The molecule has 1 amide bonds. The standard InChI is InChI=1S/C24H38ClNO5/c1-6-7-8-15-30-24(18(4)5,16-17(2)3)31-23(29)26-14-13-21(22(27)28)19-9-11-20(25)12-10-19/h9-12,17-18,21H,6-8,13-16H2,1-5H3,(H,26,29)(H,27,28)/t21?,24-/m0/s1. The molecule has 0 aliphatic heterocycles. The zero-order valence-electron chi connectivity index (χ0n) is 19.4. The van der Waals surface area contributed by atoms with Gasteiger partial charge in [-0.05, 0) is 36.5 Å². The second kappa shape index (κ2) is 13.6. The topological polar surface area (TPSA) is 84.9 Å². The summed E-state index contributed by atoms with van der Waals surface area (Å²) < 4.78 is 11.9. The number of ether oxygens (including phenoxy) is 2. The molecule has 31 heavy (non-hydrogen) atoms. The van der Waals surface area contributed by atoms with Crippen LogP contribution in [0.1, 0.15) is 78.2 Å². The smallest absolute Gasteiger partial charge is 0.409 e. The SMILES string of the molecule is CCCCCO[C@@](CC(C)C)(OC(=O)NCCC(C(=O)O)c1ccc(Cl)cc1)C(C)C. The van der Waals surface area contributed by atoms with E-state index in [2.05, 4.69) is 26.1 Å². The highest BCUT2D eigenvalue weighted by Crippen LogP contribution is 2.32. The molecule has 0 aromatic heterocycles. The molecule has 7 heteroatoms. The molecule has 0 heterocycles. The highest BCUT2D eigenvalue weighted by molar-refractivity contribution is 6.30. The molecule has 2 N–H and O–H groups in total. The lowest BCUT2D eigenvalue weighted by atomic mass is 9.92. The average Bonchev–Trinajstić information content (AvgIpc) is 2.68. The maximum Gasteiger partial charge on any atom is 0.409 e. The van der Waals surface area contributed by atoms with Gasteiger partial charge in [0.05, 0.1) is 12.5 Å². The molecular weight excluding hydrogens is 418 g/mol. The third-order valence-electron chi connectivity index (χ3n) is 5.20. The van der Waals surface area contributed by atoms with Gasteiger partial charge in [0.2, 0.25) is 5.79 Å². The lowest BCUT2D eigenvalue weighted by Crippen LogP contribution is -2.47. The Bertz CT molecular complexity index is 677. The summed E-state index contributed by atoms with van der Waals surface area (Å²) in [5.74, 6) is -2.44. The van der Waals surface area contributed by atoms with Crippen molar-refractivity contribution in [1.29, 1.82) is 0 Å². The number of carbonyl (C=O) groups excluding carboxylic acids is 1. The highest BCUT2D eigenvalue weighted by Gasteiger charge is 2.40. The minimum Gasteiger partial charge on any atom is -0.481 e. The number of hydrogen-bond acceptors (Lipinski definition) is 4. The molecule has 0 aliphatic rings. The van der Waals surface area contributed by atoms with Crippen LogP contribution >= 0.6 is 11.6 Å². The summed E-state index contributed by atoms with van der Waals surface area (Å²) in [6.07, 6.45) is 3.29. The molecule has 0 aliphatic carbocycles. The van der Waals surface area contributed by atoms with Crippen molar-refractivity contribution < 1.29 is 24.2 Å². The van der Waals surface area contributed by atoms with Crippen LogP contribution in [0.4, 0.5) is 4.79 Å². The molecule has 0 spiro atoms. The number of carboxylic acid groups (broad SMARTS) is 1. The van der Waals surface area contributed by atoms with E-state index in [0.717, 1.165) is 19.3 Å². The summed E-state index contributed by atoms with van der Waals surface area (Å²) in [7, 11) is 0. The number of hydrogen-bond donors (Lipinski definition) is 2. The van der Waals surface area contributed by atoms with Crippen molar-refractivity contribution in [2.45, 2.75) is 78.4 Å².